The number of Topliss-reactive ketones (excluding diaryl/α,β-unsaturated/α-hetero) is 1. The van der Waals surface area contributed by atoms with Gasteiger partial charge in [-0.2, -0.15) is 0 Å². The van der Waals surface area contributed by atoms with Gasteiger partial charge in [-0.05, 0) is 23.8 Å². The van der Waals surface area contributed by atoms with Crippen LogP contribution < -0.4 is 4.90 Å². The third-order valence-electron chi connectivity index (χ3n) is 3.56. The normalized spacial score (nSPS) is 10.8. The lowest BCUT2D eigenvalue weighted by molar-refractivity contribution is 0.0904. The van der Waals surface area contributed by atoms with E-state index in [1.54, 1.807) is 18.2 Å². The predicted molar refractivity (Wildman–Crippen MR) is 86.1 cm³/mol. The Morgan fingerprint density at radius 2 is 2.00 bits per heavy atom. The molecule has 0 radical (unpaired) electrons. The van der Waals surface area contributed by atoms with E-state index in [-0.39, 0.29) is 5.78 Å². The van der Waals surface area contributed by atoms with Gasteiger partial charge in [-0.3, -0.25) is 4.79 Å². The Bertz CT molecular complexity index is 796. The molecule has 0 atom stereocenters. The van der Waals surface area contributed by atoms with Crippen LogP contribution >= 0.6 is 0 Å². The largest absolute Gasteiger partial charge is 0.388 e. The summed E-state index contributed by atoms with van der Waals surface area (Å²) in [5.74, 6) is 0.447. The highest BCUT2D eigenvalue weighted by molar-refractivity contribution is 5.99. The minimum absolute atomic E-state index is 0.296. The molecule has 0 unspecified atom stereocenters. The number of imidazole rings is 1. The van der Waals surface area contributed by atoms with Gasteiger partial charge in [-0.15, -0.1) is 0 Å². The summed E-state index contributed by atoms with van der Waals surface area (Å²) in [4.78, 5) is 21.3. The molecule has 3 rings (SSSR count). The van der Waals surface area contributed by atoms with Crippen molar-refractivity contribution in [1.29, 1.82) is 0 Å². The molecule has 1 heterocycles. The van der Waals surface area contributed by atoms with Gasteiger partial charge in [-0.1, -0.05) is 30.3 Å². The fraction of sp³-hybridized carbons (Fsp3) is 0.176. The number of H-pyrrole nitrogens is 1. The molecule has 0 saturated carbocycles. The third kappa shape index (κ3) is 2.84. The van der Waals surface area contributed by atoms with E-state index in [0.29, 0.717) is 5.56 Å². The van der Waals surface area contributed by atoms with Gasteiger partial charge in [0, 0.05) is 19.2 Å². The van der Waals surface area contributed by atoms with Crippen LogP contribution in [0.5, 0.6) is 0 Å². The van der Waals surface area contributed by atoms with Crippen molar-refractivity contribution in [3.05, 3.63) is 59.7 Å². The van der Waals surface area contributed by atoms with Crippen molar-refractivity contribution in [2.24, 2.45) is 0 Å². The van der Waals surface area contributed by atoms with E-state index in [2.05, 4.69) is 22.1 Å². The first-order valence-corrected chi connectivity index (χ1v) is 7.06. The molecule has 0 fully saturated rings. The number of aliphatic hydroxyl groups excluding tert-OH is 1. The summed E-state index contributed by atoms with van der Waals surface area (Å²) in [5.41, 5.74) is 3.26. The van der Waals surface area contributed by atoms with Gasteiger partial charge >= 0.3 is 0 Å². The smallest absolute Gasteiger partial charge is 0.203 e. The molecular weight excluding hydrogens is 278 g/mol. The number of nitrogens with zero attached hydrogens (tertiary/aromatic N) is 2. The summed E-state index contributed by atoms with van der Waals surface area (Å²) in [7, 11) is 1.96. The fourth-order valence-electron chi connectivity index (χ4n) is 2.37. The van der Waals surface area contributed by atoms with Crippen LogP contribution in [-0.2, 0) is 6.54 Å². The number of aliphatic hydroxyl groups is 1. The summed E-state index contributed by atoms with van der Waals surface area (Å²) >= 11 is 0. The van der Waals surface area contributed by atoms with E-state index >= 15 is 0 Å². The van der Waals surface area contributed by atoms with Crippen LogP contribution in [-0.4, -0.2) is 34.5 Å². The summed E-state index contributed by atoms with van der Waals surface area (Å²) in [6.07, 6.45) is 0. The molecule has 5 nitrogen and oxygen atoms in total. The Morgan fingerprint density at radius 1 is 1.23 bits per heavy atom. The first-order chi connectivity index (χ1) is 10.7. The lowest BCUT2D eigenvalue weighted by atomic mass is 10.1. The maximum absolute atomic E-state index is 11.5. The Balaban J connectivity index is 1.86. The number of aromatic nitrogens is 2. The second kappa shape index (κ2) is 5.99. The Morgan fingerprint density at radius 3 is 2.73 bits per heavy atom. The van der Waals surface area contributed by atoms with Crippen LogP contribution in [0.25, 0.3) is 11.0 Å². The number of fused-ring (bicyclic) bond motifs is 1. The molecule has 2 N–H and O–H groups in total. The zero-order valence-electron chi connectivity index (χ0n) is 12.3. The van der Waals surface area contributed by atoms with Crippen molar-refractivity contribution in [1.82, 2.24) is 9.97 Å². The molecule has 0 aliphatic rings. The van der Waals surface area contributed by atoms with Crippen molar-refractivity contribution in [2.45, 2.75) is 6.54 Å². The second-order valence-electron chi connectivity index (χ2n) is 5.22. The van der Waals surface area contributed by atoms with Crippen molar-refractivity contribution in [3.63, 3.8) is 0 Å². The highest BCUT2D eigenvalue weighted by Gasteiger charge is 2.10. The lowest BCUT2D eigenvalue weighted by Crippen LogP contribution is -2.17. The van der Waals surface area contributed by atoms with Gasteiger partial charge in [0.15, 0.2) is 5.78 Å². The molecule has 1 aromatic heterocycles. The summed E-state index contributed by atoms with van der Waals surface area (Å²) < 4.78 is 0. The van der Waals surface area contributed by atoms with Crippen LogP contribution in [0.2, 0.25) is 0 Å². The zero-order valence-corrected chi connectivity index (χ0v) is 12.3. The molecule has 22 heavy (non-hydrogen) atoms. The Labute approximate surface area is 128 Å². The SMILES string of the molecule is CN(Cc1ccccc1)c1nc2ccc(C(=O)CO)cc2[nH]1. The number of rotatable bonds is 5. The van der Waals surface area contributed by atoms with E-state index < -0.39 is 6.61 Å². The number of benzene rings is 2. The molecular formula is C17H17N3O2. The summed E-state index contributed by atoms with van der Waals surface area (Å²) in [5, 5.41) is 8.93. The van der Waals surface area contributed by atoms with Gasteiger partial charge in [0.05, 0.1) is 11.0 Å². The van der Waals surface area contributed by atoms with Gasteiger partial charge in [0.2, 0.25) is 5.95 Å². The molecule has 0 aliphatic carbocycles. The van der Waals surface area contributed by atoms with Crippen molar-refractivity contribution in [2.75, 3.05) is 18.6 Å². The van der Waals surface area contributed by atoms with Crippen LogP contribution in [0.3, 0.4) is 0 Å². The van der Waals surface area contributed by atoms with Crippen LogP contribution in [0.4, 0.5) is 5.95 Å². The fourth-order valence-corrected chi connectivity index (χ4v) is 2.37. The van der Waals surface area contributed by atoms with E-state index in [9.17, 15) is 4.79 Å². The van der Waals surface area contributed by atoms with Gasteiger partial charge in [0.25, 0.3) is 0 Å². The van der Waals surface area contributed by atoms with E-state index in [4.69, 9.17) is 5.11 Å². The molecule has 112 valence electrons. The number of anilines is 1. The molecule has 0 amide bonds. The first kappa shape index (κ1) is 14.3. The van der Waals surface area contributed by atoms with E-state index in [0.717, 1.165) is 23.5 Å². The minimum Gasteiger partial charge on any atom is -0.388 e. The predicted octanol–water partition coefficient (Wildman–Crippen LogP) is 2.37. The molecule has 0 saturated heterocycles. The van der Waals surface area contributed by atoms with Gasteiger partial charge in [-0.25, -0.2) is 4.98 Å². The van der Waals surface area contributed by atoms with E-state index in [1.807, 2.05) is 30.1 Å². The maximum Gasteiger partial charge on any atom is 0.203 e. The minimum atomic E-state index is -0.486. The Hall–Kier alpha value is -2.66. The van der Waals surface area contributed by atoms with Crippen LogP contribution in [0.15, 0.2) is 48.5 Å². The first-order valence-electron chi connectivity index (χ1n) is 7.06. The topological polar surface area (TPSA) is 69.2 Å². The molecule has 0 bridgehead atoms. The third-order valence-corrected chi connectivity index (χ3v) is 3.56. The highest BCUT2D eigenvalue weighted by atomic mass is 16.3. The lowest BCUT2D eigenvalue weighted by Gasteiger charge is -2.15. The van der Waals surface area contributed by atoms with Crippen molar-refractivity contribution < 1.29 is 9.90 Å². The Kier molecular flexibility index (Phi) is 3.89. The average Bonchev–Trinajstić information content (AvgIpc) is 2.98. The average molecular weight is 295 g/mol. The maximum atomic E-state index is 11.5. The number of carbonyl (C=O) groups is 1. The van der Waals surface area contributed by atoms with E-state index in [1.165, 1.54) is 5.56 Å². The number of nitrogens with one attached hydrogen (secondary N) is 1. The number of hydrogen-bond acceptors (Lipinski definition) is 4. The zero-order chi connectivity index (χ0) is 15.5. The number of ketones is 1. The molecule has 5 heteroatoms. The van der Waals surface area contributed by atoms with Gasteiger partial charge in [0.1, 0.15) is 6.61 Å². The quantitative estimate of drug-likeness (QED) is 0.709. The molecule has 3 aromatic rings. The van der Waals surface area contributed by atoms with Crippen molar-refractivity contribution in [3.8, 4) is 0 Å². The number of carbonyl (C=O) groups excluding carboxylic acids is 1. The number of aromatic amines is 1. The summed E-state index contributed by atoms with van der Waals surface area (Å²) in [6, 6.07) is 15.3. The van der Waals surface area contributed by atoms with Crippen LogP contribution in [0.1, 0.15) is 15.9 Å². The second-order valence-corrected chi connectivity index (χ2v) is 5.22. The molecule has 0 spiro atoms. The highest BCUT2D eigenvalue weighted by Crippen LogP contribution is 2.19. The standard InChI is InChI=1S/C17H17N3O2/c1-20(10-12-5-3-2-4-6-12)17-18-14-8-7-13(16(22)11-21)9-15(14)19-17/h2-9,21H,10-11H2,1H3,(H,18,19). The monoisotopic (exact) mass is 295 g/mol. The summed E-state index contributed by atoms with van der Waals surface area (Å²) in [6.45, 7) is 0.253. The molecule has 2 aromatic carbocycles. The van der Waals surface area contributed by atoms with Crippen molar-refractivity contribution >= 4 is 22.8 Å². The number of hydrogen-bond donors (Lipinski definition) is 2. The van der Waals surface area contributed by atoms with Gasteiger partial charge < -0.3 is 15.0 Å². The molecule has 0 aliphatic heterocycles. The van der Waals surface area contributed by atoms with Crippen LogP contribution in [0, 0.1) is 0 Å².